The zero-order valence-corrected chi connectivity index (χ0v) is 14.4. The Balaban J connectivity index is 2.50. The summed E-state index contributed by atoms with van der Waals surface area (Å²) in [5, 5.41) is 4.48. The number of carbonyl (C=O) groups is 1. The molecule has 0 unspecified atom stereocenters. The highest BCUT2D eigenvalue weighted by Gasteiger charge is 2.34. The van der Waals surface area contributed by atoms with Crippen molar-refractivity contribution in [2.45, 2.75) is 26.8 Å². The van der Waals surface area contributed by atoms with Crippen LogP contribution in [0.5, 0.6) is 0 Å². The fraction of sp³-hybridized carbons (Fsp3) is 0.375. The van der Waals surface area contributed by atoms with Gasteiger partial charge in [-0.05, 0) is 50.7 Å². The number of halogens is 1. The van der Waals surface area contributed by atoms with Crippen molar-refractivity contribution < 1.29 is 9.53 Å². The number of ether oxygens (including phenoxy) is 1. The van der Waals surface area contributed by atoms with Crippen LogP contribution < -0.4 is 5.32 Å². The van der Waals surface area contributed by atoms with Crippen LogP contribution in [0.15, 0.2) is 35.5 Å². The molecule has 1 atom stereocenters. The van der Waals surface area contributed by atoms with Gasteiger partial charge in [0.25, 0.3) is 0 Å². The Bertz CT molecular complexity index is 613. The molecule has 0 saturated heterocycles. The van der Waals surface area contributed by atoms with Crippen LogP contribution >= 0.6 is 23.8 Å². The highest BCUT2D eigenvalue weighted by Crippen LogP contribution is 2.31. The summed E-state index contributed by atoms with van der Waals surface area (Å²) in [5.41, 5.74) is 2.33. The number of nitrogens with zero attached hydrogens (tertiary/aromatic N) is 1. The number of nitrogens with one attached hydrogen (secondary N) is 1. The number of allylic oxidation sites excluding steroid dienone is 1. The third-order valence-electron chi connectivity index (χ3n) is 3.61. The first-order valence-electron chi connectivity index (χ1n) is 7.21. The molecular formula is C16H19ClN2O2S. The molecule has 1 aromatic rings. The predicted molar refractivity (Wildman–Crippen MR) is 91.6 cm³/mol. The normalized spacial score (nSPS) is 18.3. The first-order valence-corrected chi connectivity index (χ1v) is 7.99. The molecule has 22 heavy (non-hydrogen) atoms. The molecule has 1 N–H and O–H groups in total. The lowest BCUT2D eigenvalue weighted by atomic mass is 9.95. The quantitative estimate of drug-likeness (QED) is 0.673. The maximum absolute atomic E-state index is 12.4. The van der Waals surface area contributed by atoms with Gasteiger partial charge in [0, 0.05) is 17.3 Å². The van der Waals surface area contributed by atoms with Crippen LogP contribution in [0.3, 0.4) is 0 Å². The SMILES string of the molecule is CCOC(=O)C1=C(C)N(CC)C(=S)N[C@H]1c1ccc(Cl)cc1. The van der Waals surface area contributed by atoms with Crippen molar-refractivity contribution in [2.75, 3.05) is 13.2 Å². The average molecular weight is 339 g/mol. The Morgan fingerprint density at radius 3 is 2.55 bits per heavy atom. The second-order valence-electron chi connectivity index (χ2n) is 4.90. The Kier molecular flexibility index (Phi) is 5.42. The largest absolute Gasteiger partial charge is 0.463 e. The van der Waals surface area contributed by atoms with E-state index in [0.717, 1.165) is 11.3 Å². The number of carbonyl (C=O) groups excluding carboxylic acids is 1. The summed E-state index contributed by atoms with van der Waals surface area (Å²) >= 11 is 11.4. The lowest BCUT2D eigenvalue weighted by Gasteiger charge is -2.37. The van der Waals surface area contributed by atoms with Gasteiger partial charge in [0.2, 0.25) is 0 Å². The minimum atomic E-state index is -0.327. The van der Waals surface area contributed by atoms with Crippen molar-refractivity contribution >= 4 is 34.9 Å². The third kappa shape index (κ3) is 3.25. The molecule has 0 radical (unpaired) electrons. The molecule has 0 aromatic heterocycles. The summed E-state index contributed by atoms with van der Waals surface area (Å²) in [4.78, 5) is 14.3. The van der Waals surface area contributed by atoms with Gasteiger partial charge in [0.15, 0.2) is 5.11 Å². The number of hydrogen-bond donors (Lipinski definition) is 1. The minimum Gasteiger partial charge on any atom is -0.463 e. The van der Waals surface area contributed by atoms with E-state index in [9.17, 15) is 4.79 Å². The van der Waals surface area contributed by atoms with Crippen molar-refractivity contribution in [1.29, 1.82) is 0 Å². The molecule has 0 saturated carbocycles. The number of esters is 1. The van der Waals surface area contributed by atoms with Crippen LogP contribution in [0, 0.1) is 0 Å². The number of benzene rings is 1. The fourth-order valence-corrected chi connectivity index (χ4v) is 3.05. The van der Waals surface area contributed by atoms with Crippen LogP contribution in [-0.4, -0.2) is 29.1 Å². The van der Waals surface area contributed by atoms with Crippen molar-refractivity contribution in [2.24, 2.45) is 0 Å². The Morgan fingerprint density at radius 2 is 2.00 bits per heavy atom. The summed E-state index contributed by atoms with van der Waals surface area (Å²) < 4.78 is 5.22. The van der Waals surface area contributed by atoms with E-state index in [1.165, 1.54) is 0 Å². The van der Waals surface area contributed by atoms with E-state index < -0.39 is 0 Å². The molecule has 6 heteroatoms. The van der Waals surface area contributed by atoms with Crippen LogP contribution in [-0.2, 0) is 9.53 Å². The summed E-state index contributed by atoms with van der Waals surface area (Å²) in [6.45, 7) is 6.70. The highest BCUT2D eigenvalue weighted by atomic mass is 35.5. The van der Waals surface area contributed by atoms with E-state index in [1.54, 1.807) is 19.1 Å². The number of hydrogen-bond acceptors (Lipinski definition) is 3. The second-order valence-corrected chi connectivity index (χ2v) is 5.72. The summed E-state index contributed by atoms with van der Waals surface area (Å²) in [6, 6.07) is 7.04. The first kappa shape index (κ1) is 16.8. The van der Waals surface area contributed by atoms with Crippen LogP contribution in [0.2, 0.25) is 5.02 Å². The molecule has 0 aliphatic carbocycles. The molecule has 2 rings (SSSR count). The van der Waals surface area contributed by atoms with Gasteiger partial charge in [0.1, 0.15) is 0 Å². The minimum absolute atomic E-state index is 0.326. The Labute approximate surface area is 141 Å². The fourth-order valence-electron chi connectivity index (χ4n) is 2.54. The van der Waals surface area contributed by atoms with Gasteiger partial charge in [-0.25, -0.2) is 4.79 Å². The zero-order chi connectivity index (χ0) is 16.3. The van der Waals surface area contributed by atoms with Gasteiger partial charge in [-0.15, -0.1) is 0 Å². The highest BCUT2D eigenvalue weighted by molar-refractivity contribution is 7.80. The van der Waals surface area contributed by atoms with E-state index >= 15 is 0 Å². The van der Waals surface area contributed by atoms with E-state index in [2.05, 4.69) is 5.32 Å². The molecule has 0 bridgehead atoms. The number of thiocarbonyl (C=S) groups is 1. The second kappa shape index (κ2) is 7.11. The van der Waals surface area contributed by atoms with E-state index in [0.29, 0.717) is 28.9 Å². The van der Waals surface area contributed by atoms with Gasteiger partial charge in [-0.2, -0.15) is 0 Å². The molecule has 1 aliphatic rings. The monoisotopic (exact) mass is 338 g/mol. The molecule has 1 heterocycles. The third-order valence-corrected chi connectivity index (χ3v) is 4.20. The lowest BCUT2D eigenvalue weighted by Crippen LogP contribution is -2.47. The summed E-state index contributed by atoms with van der Waals surface area (Å²) in [5.74, 6) is -0.326. The summed E-state index contributed by atoms with van der Waals surface area (Å²) in [6.07, 6.45) is 0. The van der Waals surface area contributed by atoms with Crippen molar-refractivity contribution in [1.82, 2.24) is 10.2 Å². The van der Waals surface area contributed by atoms with Crippen molar-refractivity contribution in [3.8, 4) is 0 Å². The van der Waals surface area contributed by atoms with Gasteiger partial charge in [0.05, 0.1) is 18.2 Å². The van der Waals surface area contributed by atoms with Crippen LogP contribution in [0.25, 0.3) is 0 Å². The Hall–Kier alpha value is -1.59. The maximum atomic E-state index is 12.4. The lowest BCUT2D eigenvalue weighted by molar-refractivity contribution is -0.139. The predicted octanol–water partition coefficient (Wildman–Crippen LogP) is 3.43. The van der Waals surface area contributed by atoms with Crippen molar-refractivity contribution in [3.05, 3.63) is 46.1 Å². The molecule has 0 fully saturated rings. The van der Waals surface area contributed by atoms with Crippen LogP contribution in [0.1, 0.15) is 32.4 Å². The molecule has 0 amide bonds. The van der Waals surface area contributed by atoms with Crippen LogP contribution in [0.4, 0.5) is 0 Å². The molecular weight excluding hydrogens is 320 g/mol. The van der Waals surface area contributed by atoms with Crippen molar-refractivity contribution in [3.63, 3.8) is 0 Å². The van der Waals surface area contributed by atoms with E-state index in [-0.39, 0.29) is 12.0 Å². The zero-order valence-electron chi connectivity index (χ0n) is 12.9. The van der Waals surface area contributed by atoms with Gasteiger partial charge in [-0.3, -0.25) is 0 Å². The molecule has 1 aliphatic heterocycles. The Morgan fingerprint density at radius 1 is 1.36 bits per heavy atom. The van der Waals surface area contributed by atoms with Gasteiger partial charge in [-0.1, -0.05) is 23.7 Å². The van der Waals surface area contributed by atoms with Gasteiger partial charge >= 0.3 is 5.97 Å². The molecule has 4 nitrogen and oxygen atoms in total. The molecule has 0 spiro atoms. The van der Waals surface area contributed by atoms with E-state index in [1.807, 2.05) is 30.9 Å². The average Bonchev–Trinajstić information content (AvgIpc) is 2.48. The first-order chi connectivity index (χ1) is 10.5. The topological polar surface area (TPSA) is 41.6 Å². The van der Waals surface area contributed by atoms with Gasteiger partial charge < -0.3 is 15.0 Å². The standard InChI is InChI=1S/C16H19ClN2O2S/c1-4-19-10(3)13(15(20)21-5-2)14(18-16(19)22)11-6-8-12(17)9-7-11/h6-9,14H,4-5H2,1-3H3,(H,18,22)/t14-/m0/s1. The maximum Gasteiger partial charge on any atom is 0.338 e. The molecule has 118 valence electrons. The number of rotatable bonds is 4. The molecule has 1 aromatic carbocycles. The summed E-state index contributed by atoms with van der Waals surface area (Å²) in [7, 11) is 0. The smallest absolute Gasteiger partial charge is 0.338 e. The van der Waals surface area contributed by atoms with E-state index in [4.69, 9.17) is 28.6 Å².